The van der Waals surface area contributed by atoms with E-state index in [9.17, 15) is 13.9 Å². The molecule has 0 aromatic heterocycles. The van der Waals surface area contributed by atoms with Crippen LogP contribution < -0.4 is 0 Å². The number of rotatable bonds is 1. The van der Waals surface area contributed by atoms with Crippen LogP contribution >= 0.6 is 0 Å². The van der Waals surface area contributed by atoms with Gasteiger partial charge in [0.2, 0.25) is 0 Å². The quantitative estimate of drug-likeness (QED) is 0.669. The van der Waals surface area contributed by atoms with Gasteiger partial charge in [-0.15, -0.1) is 0 Å². The van der Waals surface area contributed by atoms with E-state index in [2.05, 4.69) is 20.8 Å². The Morgan fingerprint density at radius 1 is 1.20 bits per heavy atom. The molecule has 1 nitrogen and oxygen atoms in total. The molecular weight excluding hydrogens is 198 g/mol. The zero-order valence-electron chi connectivity index (χ0n) is 9.89. The highest BCUT2D eigenvalue weighted by atomic mass is 19.3. The maximum absolute atomic E-state index is 12.7. The van der Waals surface area contributed by atoms with E-state index >= 15 is 0 Å². The lowest BCUT2D eigenvalue weighted by Crippen LogP contribution is -2.36. The van der Waals surface area contributed by atoms with E-state index in [1.807, 2.05) is 0 Å². The van der Waals surface area contributed by atoms with Crippen molar-refractivity contribution in [3.63, 3.8) is 0 Å². The van der Waals surface area contributed by atoms with Crippen molar-refractivity contribution in [2.75, 3.05) is 0 Å². The fraction of sp³-hybridized carbons (Fsp3) is 1.00. The highest BCUT2D eigenvalue weighted by Gasteiger charge is 2.40. The molecule has 2 atom stereocenters. The van der Waals surface area contributed by atoms with E-state index in [0.29, 0.717) is 18.8 Å². The average molecular weight is 220 g/mol. The second-order valence-electron chi connectivity index (χ2n) is 5.90. The molecule has 1 rings (SSSR count). The van der Waals surface area contributed by atoms with Crippen LogP contribution in [0, 0.1) is 11.3 Å². The number of hydrogen-bond donors (Lipinski definition) is 1. The molecule has 0 aromatic carbocycles. The minimum Gasteiger partial charge on any atom is -0.384 e. The summed E-state index contributed by atoms with van der Waals surface area (Å²) in [6, 6.07) is 0. The van der Waals surface area contributed by atoms with Crippen molar-refractivity contribution >= 4 is 0 Å². The van der Waals surface area contributed by atoms with Gasteiger partial charge in [0.15, 0.2) is 0 Å². The minimum atomic E-state index is -2.60. The highest BCUT2D eigenvalue weighted by Crippen LogP contribution is 2.41. The first-order chi connectivity index (χ1) is 6.76. The Labute approximate surface area is 90.9 Å². The maximum atomic E-state index is 12.7. The van der Waals surface area contributed by atoms with Gasteiger partial charge in [0, 0.05) is 0 Å². The van der Waals surface area contributed by atoms with Crippen molar-refractivity contribution < 1.29 is 13.9 Å². The van der Waals surface area contributed by atoms with Crippen molar-refractivity contribution in [1.82, 2.24) is 0 Å². The first-order valence-electron chi connectivity index (χ1n) is 5.76. The monoisotopic (exact) mass is 220 g/mol. The Balaban J connectivity index is 2.64. The van der Waals surface area contributed by atoms with Crippen LogP contribution in [0.3, 0.4) is 0 Å². The SMILES string of the molecule is CC(C)(C)C1CCCC(O)(C(F)F)CC1. The molecule has 0 spiro atoms. The number of aliphatic hydroxyl groups is 1. The number of hydrogen-bond acceptors (Lipinski definition) is 1. The van der Waals surface area contributed by atoms with Gasteiger partial charge in [0.25, 0.3) is 6.43 Å². The van der Waals surface area contributed by atoms with E-state index in [0.717, 1.165) is 6.42 Å². The summed E-state index contributed by atoms with van der Waals surface area (Å²) in [6.45, 7) is 6.43. The predicted molar refractivity (Wildman–Crippen MR) is 57.0 cm³/mol. The molecule has 15 heavy (non-hydrogen) atoms. The van der Waals surface area contributed by atoms with Gasteiger partial charge >= 0.3 is 0 Å². The first kappa shape index (κ1) is 12.9. The summed E-state index contributed by atoms with van der Waals surface area (Å²) in [5.41, 5.74) is -1.56. The zero-order chi connectivity index (χ0) is 11.7. The molecule has 1 aliphatic rings. The summed E-state index contributed by atoms with van der Waals surface area (Å²) >= 11 is 0. The molecule has 0 amide bonds. The maximum Gasteiger partial charge on any atom is 0.266 e. The summed E-state index contributed by atoms with van der Waals surface area (Å²) in [4.78, 5) is 0. The molecular formula is C12H22F2O. The predicted octanol–water partition coefficient (Wildman–Crippen LogP) is 3.61. The van der Waals surface area contributed by atoms with Gasteiger partial charge in [-0.1, -0.05) is 27.2 Å². The van der Waals surface area contributed by atoms with Crippen LogP contribution in [0.25, 0.3) is 0 Å². The van der Waals surface area contributed by atoms with E-state index in [1.165, 1.54) is 0 Å². The fourth-order valence-electron chi connectivity index (χ4n) is 2.43. The van der Waals surface area contributed by atoms with E-state index < -0.39 is 12.0 Å². The molecule has 0 bridgehead atoms. The third kappa shape index (κ3) is 3.13. The molecule has 0 saturated heterocycles. The lowest BCUT2D eigenvalue weighted by Gasteiger charge is -2.30. The standard InChI is InChI=1S/C12H22F2O/c1-11(2,3)9-5-4-7-12(15,8-6-9)10(13)14/h9-10,15H,4-8H2,1-3H3. The zero-order valence-corrected chi connectivity index (χ0v) is 9.89. The molecule has 1 aliphatic carbocycles. The molecule has 2 unspecified atom stereocenters. The summed E-state index contributed by atoms with van der Waals surface area (Å²) in [7, 11) is 0. The third-order valence-corrected chi connectivity index (χ3v) is 3.72. The smallest absolute Gasteiger partial charge is 0.266 e. The lowest BCUT2D eigenvalue weighted by atomic mass is 9.76. The Morgan fingerprint density at radius 3 is 2.27 bits per heavy atom. The van der Waals surface area contributed by atoms with E-state index in [4.69, 9.17) is 0 Å². The van der Waals surface area contributed by atoms with Crippen LogP contribution in [-0.2, 0) is 0 Å². The summed E-state index contributed by atoms with van der Waals surface area (Å²) in [6.07, 6.45) is 0.270. The minimum absolute atomic E-state index is 0.160. The van der Waals surface area contributed by atoms with Crippen molar-refractivity contribution in [2.45, 2.75) is 64.9 Å². The van der Waals surface area contributed by atoms with Crippen LogP contribution in [0.4, 0.5) is 8.78 Å². The Kier molecular flexibility index (Phi) is 3.75. The van der Waals surface area contributed by atoms with Crippen molar-refractivity contribution in [3.8, 4) is 0 Å². The third-order valence-electron chi connectivity index (χ3n) is 3.72. The Bertz CT molecular complexity index is 210. The Hall–Kier alpha value is -0.180. The molecule has 0 radical (unpaired) electrons. The average Bonchev–Trinajstić information content (AvgIpc) is 2.26. The van der Waals surface area contributed by atoms with Gasteiger partial charge in [-0.05, 0) is 37.0 Å². The van der Waals surface area contributed by atoms with E-state index in [-0.39, 0.29) is 18.3 Å². The molecule has 0 aliphatic heterocycles. The summed E-state index contributed by atoms with van der Waals surface area (Å²) < 4.78 is 25.3. The van der Waals surface area contributed by atoms with Crippen LogP contribution in [0.1, 0.15) is 52.9 Å². The molecule has 3 heteroatoms. The number of halogens is 2. The molecule has 1 saturated carbocycles. The summed E-state index contributed by atoms with van der Waals surface area (Å²) in [5, 5.41) is 9.76. The van der Waals surface area contributed by atoms with Crippen LogP contribution in [-0.4, -0.2) is 17.1 Å². The second-order valence-corrected chi connectivity index (χ2v) is 5.90. The topological polar surface area (TPSA) is 20.2 Å². The second kappa shape index (κ2) is 4.36. The van der Waals surface area contributed by atoms with Crippen molar-refractivity contribution in [3.05, 3.63) is 0 Å². The summed E-state index contributed by atoms with van der Waals surface area (Å²) in [5.74, 6) is 0.449. The van der Waals surface area contributed by atoms with Crippen LogP contribution in [0.5, 0.6) is 0 Å². The highest BCUT2D eigenvalue weighted by molar-refractivity contribution is 4.88. The van der Waals surface area contributed by atoms with Crippen LogP contribution in [0.2, 0.25) is 0 Å². The van der Waals surface area contributed by atoms with Gasteiger partial charge in [-0.25, -0.2) is 8.78 Å². The molecule has 1 N–H and O–H groups in total. The normalized spacial score (nSPS) is 34.2. The molecule has 1 fully saturated rings. The van der Waals surface area contributed by atoms with Crippen LogP contribution in [0.15, 0.2) is 0 Å². The van der Waals surface area contributed by atoms with Gasteiger partial charge in [-0.2, -0.15) is 0 Å². The molecule has 0 heterocycles. The van der Waals surface area contributed by atoms with Crippen molar-refractivity contribution in [2.24, 2.45) is 11.3 Å². The first-order valence-corrected chi connectivity index (χ1v) is 5.76. The lowest BCUT2D eigenvalue weighted by molar-refractivity contribution is -0.105. The molecule has 90 valence electrons. The van der Waals surface area contributed by atoms with Gasteiger partial charge in [0.05, 0.1) is 0 Å². The number of alkyl halides is 2. The van der Waals surface area contributed by atoms with Gasteiger partial charge in [0.1, 0.15) is 5.60 Å². The molecule has 0 aromatic rings. The van der Waals surface area contributed by atoms with E-state index in [1.54, 1.807) is 0 Å². The van der Waals surface area contributed by atoms with Gasteiger partial charge < -0.3 is 5.11 Å². The largest absolute Gasteiger partial charge is 0.384 e. The fourth-order valence-corrected chi connectivity index (χ4v) is 2.43. The van der Waals surface area contributed by atoms with Crippen molar-refractivity contribution in [1.29, 1.82) is 0 Å². The Morgan fingerprint density at radius 2 is 1.80 bits per heavy atom. The van der Waals surface area contributed by atoms with Gasteiger partial charge in [-0.3, -0.25) is 0 Å².